The molecular weight excluding hydrogens is 352 g/mol. The fourth-order valence-corrected chi connectivity index (χ4v) is 2.87. The van der Waals surface area contributed by atoms with E-state index in [1.54, 1.807) is 13.2 Å². The molecule has 1 heterocycles. The summed E-state index contributed by atoms with van der Waals surface area (Å²) < 4.78 is 5.37. The SMILES string of the molecule is COc1ccccc1CCNc1cc(C(=O)Nc2cc(C)ccc2C)ncn1. The summed E-state index contributed by atoms with van der Waals surface area (Å²) in [5.41, 5.74) is 4.30. The lowest BCUT2D eigenvalue weighted by molar-refractivity contribution is 0.102. The Balaban J connectivity index is 1.63. The number of methoxy groups -OCH3 is 1. The summed E-state index contributed by atoms with van der Waals surface area (Å²) in [5, 5.41) is 6.16. The smallest absolute Gasteiger partial charge is 0.274 e. The third kappa shape index (κ3) is 4.85. The van der Waals surface area contributed by atoms with Crippen LogP contribution in [0.15, 0.2) is 54.9 Å². The molecule has 0 atom stereocenters. The second-order valence-electron chi connectivity index (χ2n) is 6.55. The normalized spacial score (nSPS) is 10.4. The van der Waals surface area contributed by atoms with E-state index < -0.39 is 0 Å². The number of hydrogen-bond acceptors (Lipinski definition) is 5. The van der Waals surface area contributed by atoms with Crippen LogP contribution < -0.4 is 15.4 Å². The Morgan fingerprint density at radius 3 is 2.71 bits per heavy atom. The molecule has 0 bridgehead atoms. The van der Waals surface area contributed by atoms with Crippen molar-refractivity contribution in [2.75, 3.05) is 24.3 Å². The molecule has 0 aliphatic carbocycles. The zero-order valence-electron chi connectivity index (χ0n) is 16.3. The Kier molecular flexibility index (Phi) is 6.22. The van der Waals surface area contributed by atoms with Gasteiger partial charge in [0.25, 0.3) is 5.91 Å². The average molecular weight is 376 g/mol. The fourth-order valence-electron chi connectivity index (χ4n) is 2.87. The minimum absolute atomic E-state index is 0.260. The van der Waals surface area contributed by atoms with E-state index in [-0.39, 0.29) is 5.91 Å². The first-order chi connectivity index (χ1) is 13.6. The first kappa shape index (κ1) is 19.4. The number of carbonyl (C=O) groups excluding carboxylic acids is 1. The van der Waals surface area contributed by atoms with Gasteiger partial charge in [-0.25, -0.2) is 9.97 Å². The summed E-state index contributed by atoms with van der Waals surface area (Å²) in [4.78, 5) is 20.9. The molecule has 0 spiro atoms. The Labute approximate surface area is 165 Å². The fraction of sp³-hybridized carbons (Fsp3) is 0.227. The third-order valence-corrected chi connectivity index (χ3v) is 4.43. The highest BCUT2D eigenvalue weighted by atomic mass is 16.5. The van der Waals surface area contributed by atoms with Crippen LogP contribution in [0.5, 0.6) is 5.75 Å². The number of benzene rings is 2. The number of carbonyl (C=O) groups is 1. The number of nitrogens with zero attached hydrogens (tertiary/aromatic N) is 2. The molecule has 0 aliphatic rings. The third-order valence-electron chi connectivity index (χ3n) is 4.43. The predicted octanol–water partition coefficient (Wildman–Crippen LogP) is 4.01. The minimum Gasteiger partial charge on any atom is -0.496 e. The minimum atomic E-state index is -0.260. The van der Waals surface area contributed by atoms with Gasteiger partial charge in [-0.1, -0.05) is 30.3 Å². The van der Waals surface area contributed by atoms with Crippen molar-refractivity contribution in [1.82, 2.24) is 9.97 Å². The molecule has 1 aromatic heterocycles. The lowest BCUT2D eigenvalue weighted by Gasteiger charge is -2.11. The van der Waals surface area contributed by atoms with E-state index in [9.17, 15) is 4.79 Å². The molecule has 0 aliphatic heterocycles. The number of aromatic nitrogens is 2. The van der Waals surface area contributed by atoms with Crippen LogP contribution in [0, 0.1) is 13.8 Å². The highest BCUT2D eigenvalue weighted by Gasteiger charge is 2.11. The van der Waals surface area contributed by atoms with Gasteiger partial charge < -0.3 is 15.4 Å². The van der Waals surface area contributed by atoms with Crippen molar-refractivity contribution in [2.24, 2.45) is 0 Å². The van der Waals surface area contributed by atoms with Crippen LogP contribution in [0.1, 0.15) is 27.2 Å². The topological polar surface area (TPSA) is 76.1 Å². The number of rotatable bonds is 7. The molecule has 3 aromatic rings. The monoisotopic (exact) mass is 376 g/mol. The van der Waals surface area contributed by atoms with Crippen LogP contribution in [0.2, 0.25) is 0 Å². The molecule has 0 saturated carbocycles. The summed E-state index contributed by atoms with van der Waals surface area (Å²) in [6.45, 7) is 4.61. The molecular formula is C22H24N4O2. The summed E-state index contributed by atoms with van der Waals surface area (Å²) in [7, 11) is 1.66. The average Bonchev–Trinajstić information content (AvgIpc) is 2.71. The zero-order valence-corrected chi connectivity index (χ0v) is 16.3. The van der Waals surface area contributed by atoms with Crippen LogP contribution >= 0.6 is 0 Å². The molecule has 144 valence electrons. The van der Waals surface area contributed by atoms with E-state index >= 15 is 0 Å². The largest absolute Gasteiger partial charge is 0.496 e. The van der Waals surface area contributed by atoms with Gasteiger partial charge in [0.05, 0.1) is 7.11 Å². The number of nitrogens with one attached hydrogen (secondary N) is 2. The lowest BCUT2D eigenvalue weighted by Crippen LogP contribution is -2.16. The van der Waals surface area contributed by atoms with Gasteiger partial charge in [0, 0.05) is 18.3 Å². The summed E-state index contributed by atoms with van der Waals surface area (Å²) >= 11 is 0. The zero-order chi connectivity index (χ0) is 19.9. The van der Waals surface area contributed by atoms with Crippen LogP contribution in [0.3, 0.4) is 0 Å². The molecule has 1 amide bonds. The van der Waals surface area contributed by atoms with E-state index in [1.165, 1.54) is 6.33 Å². The maximum absolute atomic E-state index is 12.6. The molecule has 2 N–H and O–H groups in total. The Morgan fingerprint density at radius 2 is 1.89 bits per heavy atom. The standard InChI is InChI=1S/C22H24N4O2/c1-15-8-9-16(2)18(12-15)26-22(27)19-13-21(25-14-24-19)23-11-10-17-6-4-5-7-20(17)28-3/h4-9,12-14H,10-11H2,1-3H3,(H,26,27)(H,23,24,25). The second-order valence-corrected chi connectivity index (χ2v) is 6.55. The highest BCUT2D eigenvalue weighted by molar-refractivity contribution is 6.03. The number of amides is 1. The van der Waals surface area contributed by atoms with E-state index in [0.29, 0.717) is 18.1 Å². The maximum Gasteiger partial charge on any atom is 0.274 e. The quantitative estimate of drug-likeness (QED) is 0.652. The maximum atomic E-state index is 12.6. The molecule has 0 unspecified atom stereocenters. The van der Waals surface area contributed by atoms with E-state index in [4.69, 9.17) is 4.74 Å². The van der Waals surface area contributed by atoms with Crippen LogP contribution in [0.4, 0.5) is 11.5 Å². The lowest BCUT2D eigenvalue weighted by atomic mass is 10.1. The summed E-state index contributed by atoms with van der Waals surface area (Å²) in [5.74, 6) is 1.21. The molecule has 28 heavy (non-hydrogen) atoms. The van der Waals surface area contributed by atoms with Gasteiger partial charge in [-0.2, -0.15) is 0 Å². The van der Waals surface area contributed by atoms with E-state index in [0.717, 1.165) is 34.5 Å². The van der Waals surface area contributed by atoms with Crippen LogP contribution in [-0.4, -0.2) is 29.5 Å². The van der Waals surface area contributed by atoms with Gasteiger partial charge >= 0.3 is 0 Å². The van der Waals surface area contributed by atoms with Crippen molar-refractivity contribution in [3.63, 3.8) is 0 Å². The van der Waals surface area contributed by atoms with Gasteiger partial charge in [-0.3, -0.25) is 4.79 Å². The molecule has 3 rings (SSSR count). The van der Waals surface area contributed by atoms with Gasteiger partial charge in [0.15, 0.2) is 0 Å². The van der Waals surface area contributed by atoms with Gasteiger partial charge in [-0.05, 0) is 49.1 Å². The van der Waals surface area contributed by atoms with E-state index in [2.05, 4.69) is 20.6 Å². The van der Waals surface area contributed by atoms with Gasteiger partial charge in [0.2, 0.25) is 0 Å². The Morgan fingerprint density at radius 1 is 1.07 bits per heavy atom. The summed E-state index contributed by atoms with van der Waals surface area (Å²) in [6.07, 6.45) is 2.17. The van der Waals surface area contributed by atoms with Crippen molar-refractivity contribution in [3.05, 3.63) is 77.2 Å². The molecule has 0 radical (unpaired) electrons. The number of hydrogen-bond donors (Lipinski definition) is 2. The van der Waals surface area contributed by atoms with Crippen molar-refractivity contribution in [1.29, 1.82) is 0 Å². The highest BCUT2D eigenvalue weighted by Crippen LogP contribution is 2.19. The van der Waals surface area contributed by atoms with Crippen LogP contribution in [0.25, 0.3) is 0 Å². The Bertz CT molecular complexity index is 972. The number of para-hydroxylation sites is 1. The van der Waals surface area contributed by atoms with Crippen molar-refractivity contribution >= 4 is 17.4 Å². The number of aryl methyl sites for hydroxylation is 2. The van der Waals surface area contributed by atoms with Gasteiger partial charge in [-0.15, -0.1) is 0 Å². The van der Waals surface area contributed by atoms with Crippen molar-refractivity contribution in [2.45, 2.75) is 20.3 Å². The molecule has 6 nitrogen and oxygen atoms in total. The molecule has 0 saturated heterocycles. The second kappa shape index (κ2) is 8.99. The summed E-state index contributed by atoms with van der Waals surface area (Å²) in [6, 6.07) is 15.5. The van der Waals surface area contributed by atoms with Crippen molar-refractivity contribution in [3.8, 4) is 5.75 Å². The molecule has 6 heteroatoms. The van der Waals surface area contributed by atoms with Crippen LogP contribution in [-0.2, 0) is 6.42 Å². The number of ether oxygens (including phenoxy) is 1. The molecule has 2 aromatic carbocycles. The number of anilines is 2. The molecule has 0 fully saturated rings. The van der Waals surface area contributed by atoms with Gasteiger partial charge in [0.1, 0.15) is 23.6 Å². The van der Waals surface area contributed by atoms with E-state index in [1.807, 2.05) is 56.3 Å². The predicted molar refractivity (Wildman–Crippen MR) is 111 cm³/mol. The first-order valence-electron chi connectivity index (χ1n) is 9.13. The Hall–Kier alpha value is -3.41. The first-order valence-corrected chi connectivity index (χ1v) is 9.13. The van der Waals surface area contributed by atoms with Crippen molar-refractivity contribution < 1.29 is 9.53 Å².